The highest BCUT2D eigenvalue weighted by Gasteiger charge is 2.15. The molecule has 96 valence electrons. The molecule has 0 amide bonds. The number of phenolic OH excluding ortho intramolecular Hbond substituents is 1. The van der Waals surface area contributed by atoms with Gasteiger partial charge < -0.3 is 10.8 Å². The van der Waals surface area contributed by atoms with Gasteiger partial charge in [0.25, 0.3) is 5.69 Å². The third-order valence-corrected chi connectivity index (χ3v) is 2.61. The van der Waals surface area contributed by atoms with E-state index in [2.05, 4.69) is 0 Å². The number of aromatic hydroxyl groups is 1. The van der Waals surface area contributed by atoms with Crippen molar-refractivity contribution in [1.82, 2.24) is 0 Å². The molecule has 0 aliphatic carbocycles. The average Bonchev–Trinajstić information content (AvgIpc) is 2.41. The van der Waals surface area contributed by atoms with E-state index in [0.29, 0.717) is 5.69 Å². The summed E-state index contributed by atoms with van der Waals surface area (Å²) in [5.41, 5.74) is 6.11. The van der Waals surface area contributed by atoms with Crippen LogP contribution < -0.4 is 5.73 Å². The van der Waals surface area contributed by atoms with E-state index in [9.17, 15) is 20.0 Å². The molecule has 0 saturated heterocycles. The van der Waals surface area contributed by atoms with Gasteiger partial charge in [-0.05, 0) is 30.3 Å². The first kappa shape index (κ1) is 12.6. The minimum atomic E-state index is -0.549. The first-order valence-corrected chi connectivity index (χ1v) is 5.36. The normalized spacial score (nSPS) is 10.1. The molecule has 0 heterocycles. The standard InChI is InChI=1S/C13H10N2O4/c14-9-3-6-12(16)11(7-9)13(17)8-1-4-10(5-2-8)15(18)19/h1-7,16H,14H2. The highest BCUT2D eigenvalue weighted by atomic mass is 16.6. The van der Waals surface area contributed by atoms with Crippen LogP contribution >= 0.6 is 0 Å². The lowest BCUT2D eigenvalue weighted by Gasteiger charge is -2.05. The van der Waals surface area contributed by atoms with Crippen LogP contribution in [0.1, 0.15) is 15.9 Å². The molecule has 2 rings (SSSR count). The highest BCUT2D eigenvalue weighted by Crippen LogP contribution is 2.23. The molecule has 6 heteroatoms. The molecular formula is C13H10N2O4. The molecule has 0 radical (unpaired) electrons. The van der Waals surface area contributed by atoms with Crippen LogP contribution in [0.4, 0.5) is 11.4 Å². The van der Waals surface area contributed by atoms with Crippen molar-refractivity contribution >= 4 is 17.2 Å². The Balaban J connectivity index is 2.38. The van der Waals surface area contributed by atoms with Crippen molar-refractivity contribution in [3.8, 4) is 5.75 Å². The van der Waals surface area contributed by atoms with E-state index >= 15 is 0 Å². The van der Waals surface area contributed by atoms with Gasteiger partial charge in [0, 0.05) is 23.4 Å². The Morgan fingerprint density at radius 3 is 2.37 bits per heavy atom. The van der Waals surface area contributed by atoms with Gasteiger partial charge in [-0.25, -0.2) is 0 Å². The number of phenols is 1. The number of ketones is 1. The number of rotatable bonds is 3. The van der Waals surface area contributed by atoms with Crippen LogP contribution in [-0.2, 0) is 0 Å². The zero-order chi connectivity index (χ0) is 14.0. The van der Waals surface area contributed by atoms with E-state index in [1.165, 1.54) is 42.5 Å². The molecule has 0 unspecified atom stereocenters. The molecular weight excluding hydrogens is 248 g/mol. The average molecular weight is 258 g/mol. The minimum absolute atomic E-state index is 0.0638. The Morgan fingerprint density at radius 2 is 1.79 bits per heavy atom. The number of benzene rings is 2. The maximum absolute atomic E-state index is 12.1. The van der Waals surface area contributed by atoms with Gasteiger partial charge >= 0.3 is 0 Å². The van der Waals surface area contributed by atoms with Crippen molar-refractivity contribution < 1.29 is 14.8 Å². The molecule has 0 bridgehead atoms. The third kappa shape index (κ3) is 2.52. The summed E-state index contributed by atoms with van der Waals surface area (Å²) in [6.45, 7) is 0. The molecule has 0 fully saturated rings. The molecule has 6 nitrogen and oxygen atoms in total. The van der Waals surface area contributed by atoms with E-state index in [-0.39, 0.29) is 22.6 Å². The van der Waals surface area contributed by atoms with Gasteiger partial charge in [-0.1, -0.05) is 0 Å². The molecule has 0 aliphatic rings. The SMILES string of the molecule is Nc1ccc(O)c(C(=O)c2ccc([N+](=O)[O-])cc2)c1. The summed E-state index contributed by atoms with van der Waals surface area (Å²) < 4.78 is 0. The fourth-order valence-electron chi connectivity index (χ4n) is 1.63. The number of hydrogen-bond donors (Lipinski definition) is 2. The molecule has 19 heavy (non-hydrogen) atoms. The lowest BCUT2D eigenvalue weighted by atomic mass is 10.0. The van der Waals surface area contributed by atoms with E-state index < -0.39 is 10.7 Å². The first-order chi connectivity index (χ1) is 8.99. The van der Waals surface area contributed by atoms with Gasteiger partial charge in [0.15, 0.2) is 5.78 Å². The summed E-state index contributed by atoms with van der Waals surface area (Å²) in [5, 5.41) is 20.1. The zero-order valence-corrected chi connectivity index (χ0v) is 9.74. The van der Waals surface area contributed by atoms with Crippen LogP contribution in [-0.4, -0.2) is 15.8 Å². The quantitative estimate of drug-likeness (QED) is 0.288. The smallest absolute Gasteiger partial charge is 0.269 e. The number of carbonyl (C=O) groups excluding carboxylic acids is 1. The van der Waals surface area contributed by atoms with Gasteiger partial charge in [0.1, 0.15) is 5.75 Å². The zero-order valence-electron chi connectivity index (χ0n) is 9.74. The summed E-state index contributed by atoms with van der Waals surface area (Å²) in [4.78, 5) is 22.1. The van der Waals surface area contributed by atoms with Crippen LogP contribution in [0, 0.1) is 10.1 Å². The number of nitro groups is 1. The number of hydrogen-bond acceptors (Lipinski definition) is 5. The predicted molar refractivity (Wildman–Crippen MR) is 69.0 cm³/mol. The molecule has 2 aromatic carbocycles. The van der Waals surface area contributed by atoms with Crippen LogP contribution in [0.2, 0.25) is 0 Å². The van der Waals surface area contributed by atoms with E-state index in [0.717, 1.165) is 0 Å². The Kier molecular flexibility index (Phi) is 3.15. The number of nitrogens with two attached hydrogens (primary N) is 1. The number of carbonyl (C=O) groups is 1. The molecule has 3 N–H and O–H groups in total. The fourth-order valence-corrected chi connectivity index (χ4v) is 1.63. The van der Waals surface area contributed by atoms with Gasteiger partial charge in [-0.15, -0.1) is 0 Å². The monoisotopic (exact) mass is 258 g/mol. The molecule has 2 aromatic rings. The molecule has 0 spiro atoms. The second kappa shape index (κ2) is 4.77. The maximum Gasteiger partial charge on any atom is 0.269 e. The van der Waals surface area contributed by atoms with E-state index in [1.807, 2.05) is 0 Å². The van der Waals surface area contributed by atoms with Crippen LogP contribution in [0.15, 0.2) is 42.5 Å². The number of nitro benzene ring substituents is 1. The molecule has 0 saturated carbocycles. The summed E-state index contributed by atoms with van der Waals surface area (Å²) in [5.74, 6) is -0.628. The Bertz CT molecular complexity index is 650. The first-order valence-electron chi connectivity index (χ1n) is 5.36. The summed E-state index contributed by atoms with van der Waals surface area (Å²) in [6, 6.07) is 9.30. The second-order valence-corrected chi connectivity index (χ2v) is 3.91. The lowest BCUT2D eigenvalue weighted by molar-refractivity contribution is -0.384. The fraction of sp³-hybridized carbons (Fsp3) is 0. The van der Waals surface area contributed by atoms with Gasteiger partial charge in [-0.2, -0.15) is 0 Å². The topological polar surface area (TPSA) is 106 Å². The predicted octanol–water partition coefficient (Wildman–Crippen LogP) is 2.11. The molecule has 0 aliphatic heterocycles. The largest absolute Gasteiger partial charge is 0.507 e. The highest BCUT2D eigenvalue weighted by molar-refractivity contribution is 6.11. The van der Waals surface area contributed by atoms with Crippen molar-refractivity contribution in [1.29, 1.82) is 0 Å². The Hall–Kier alpha value is -2.89. The molecule has 0 atom stereocenters. The molecule has 0 aromatic heterocycles. The number of nitrogen functional groups attached to an aromatic ring is 1. The van der Waals surface area contributed by atoms with Crippen molar-refractivity contribution in [3.05, 3.63) is 63.7 Å². The number of nitrogens with zero attached hydrogens (tertiary/aromatic N) is 1. The summed E-state index contributed by atoms with van der Waals surface area (Å²) in [7, 11) is 0. The Labute approximate surface area is 108 Å². The van der Waals surface area contributed by atoms with Crippen molar-refractivity contribution in [3.63, 3.8) is 0 Å². The van der Waals surface area contributed by atoms with Crippen molar-refractivity contribution in [2.24, 2.45) is 0 Å². The Morgan fingerprint density at radius 1 is 1.16 bits per heavy atom. The second-order valence-electron chi connectivity index (χ2n) is 3.91. The van der Waals surface area contributed by atoms with Gasteiger partial charge in [0.05, 0.1) is 10.5 Å². The third-order valence-electron chi connectivity index (χ3n) is 2.61. The maximum atomic E-state index is 12.1. The van der Waals surface area contributed by atoms with Crippen LogP contribution in [0.5, 0.6) is 5.75 Å². The van der Waals surface area contributed by atoms with Crippen LogP contribution in [0.25, 0.3) is 0 Å². The van der Waals surface area contributed by atoms with E-state index in [4.69, 9.17) is 5.73 Å². The van der Waals surface area contributed by atoms with Gasteiger partial charge in [0.2, 0.25) is 0 Å². The van der Waals surface area contributed by atoms with E-state index in [1.54, 1.807) is 0 Å². The minimum Gasteiger partial charge on any atom is -0.507 e. The number of non-ortho nitro benzene ring substituents is 1. The van der Waals surface area contributed by atoms with Crippen molar-refractivity contribution in [2.45, 2.75) is 0 Å². The van der Waals surface area contributed by atoms with Gasteiger partial charge in [-0.3, -0.25) is 14.9 Å². The lowest BCUT2D eigenvalue weighted by Crippen LogP contribution is -2.03. The summed E-state index contributed by atoms with van der Waals surface area (Å²) in [6.07, 6.45) is 0. The summed E-state index contributed by atoms with van der Waals surface area (Å²) >= 11 is 0. The van der Waals surface area contributed by atoms with Crippen molar-refractivity contribution in [2.75, 3.05) is 5.73 Å². The van der Waals surface area contributed by atoms with Crippen LogP contribution in [0.3, 0.4) is 0 Å². The number of anilines is 1.